The summed E-state index contributed by atoms with van der Waals surface area (Å²) >= 11 is 5.87. The maximum atomic E-state index is 13.5. The highest BCUT2D eigenvalue weighted by Gasteiger charge is 2.16. The summed E-state index contributed by atoms with van der Waals surface area (Å²) < 4.78 is 13.5. The number of piperazine rings is 1. The molecule has 16 heavy (non-hydrogen) atoms. The van der Waals surface area contributed by atoms with Crippen LogP contribution in [0.2, 0.25) is 5.02 Å². The van der Waals surface area contributed by atoms with E-state index in [1.54, 1.807) is 12.1 Å². The molecule has 0 saturated carbocycles. The predicted octanol–water partition coefficient (Wildman–Crippen LogP) is 2.27. The number of benzene rings is 1. The Morgan fingerprint density at radius 2 is 2.38 bits per heavy atom. The molecule has 0 aliphatic carbocycles. The van der Waals surface area contributed by atoms with Gasteiger partial charge >= 0.3 is 0 Å². The van der Waals surface area contributed by atoms with E-state index in [0.717, 1.165) is 19.6 Å². The highest BCUT2D eigenvalue weighted by atomic mass is 35.5. The average molecular weight is 243 g/mol. The molecule has 2 rings (SSSR count). The zero-order valence-electron chi connectivity index (χ0n) is 9.34. The fraction of sp³-hybridized carbons (Fsp3) is 0.500. The number of nitrogens with zero attached hydrogens (tertiary/aromatic N) is 1. The van der Waals surface area contributed by atoms with Crippen molar-refractivity contribution in [2.24, 2.45) is 0 Å². The summed E-state index contributed by atoms with van der Waals surface area (Å²) in [5.41, 5.74) is 0.682. The van der Waals surface area contributed by atoms with Gasteiger partial charge in [0, 0.05) is 42.8 Å². The number of rotatable bonds is 2. The second-order valence-corrected chi connectivity index (χ2v) is 4.76. The molecule has 1 aliphatic rings. The Hall–Kier alpha value is -0.640. The molecular weight excluding hydrogens is 227 g/mol. The van der Waals surface area contributed by atoms with Crippen molar-refractivity contribution >= 4 is 11.6 Å². The Morgan fingerprint density at radius 3 is 3.12 bits per heavy atom. The molecule has 4 heteroatoms. The van der Waals surface area contributed by atoms with Gasteiger partial charge in [-0.05, 0) is 25.1 Å². The van der Waals surface area contributed by atoms with E-state index >= 15 is 0 Å². The van der Waals surface area contributed by atoms with Crippen molar-refractivity contribution in [1.82, 2.24) is 10.2 Å². The third-order valence-corrected chi connectivity index (χ3v) is 3.09. The Balaban J connectivity index is 2.05. The average Bonchev–Trinajstić information content (AvgIpc) is 2.24. The lowest BCUT2D eigenvalue weighted by Gasteiger charge is -2.31. The molecule has 0 spiro atoms. The van der Waals surface area contributed by atoms with Crippen LogP contribution in [0.25, 0.3) is 0 Å². The standard InChI is InChI=1S/C12H16ClFN2/c1-9-7-16(5-4-15-9)8-10-6-11(13)2-3-12(10)14/h2-3,6,9,15H,4-5,7-8H2,1H3/t9-/m0/s1. The van der Waals surface area contributed by atoms with Crippen LogP contribution in [0, 0.1) is 5.82 Å². The maximum Gasteiger partial charge on any atom is 0.127 e. The predicted molar refractivity (Wildman–Crippen MR) is 64.2 cm³/mol. The van der Waals surface area contributed by atoms with E-state index in [0.29, 0.717) is 23.2 Å². The Labute approximate surface area is 100 Å². The highest BCUT2D eigenvalue weighted by molar-refractivity contribution is 6.30. The van der Waals surface area contributed by atoms with E-state index in [9.17, 15) is 4.39 Å². The van der Waals surface area contributed by atoms with Crippen molar-refractivity contribution in [3.63, 3.8) is 0 Å². The normalized spacial score (nSPS) is 22.3. The van der Waals surface area contributed by atoms with Gasteiger partial charge in [-0.2, -0.15) is 0 Å². The summed E-state index contributed by atoms with van der Waals surface area (Å²) in [4.78, 5) is 2.25. The largest absolute Gasteiger partial charge is 0.312 e. The molecule has 1 fully saturated rings. The first kappa shape index (κ1) is 11.8. The molecular formula is C12H16ClFN2. The van der Waals surface area contributed by atoms with E-state index < -0.39 is 0 Å². The molecule has 88 valence electrons. The van der Waals surface area contributed by atoms with E-state index in [1.807, 2.05) is 0 Å². The minimum Gasteiger partial charge on any atom is -0.312 e. The van der Waals surface area contributed by atoms with Crippen molar-refractivity contribution < 1.29 is 4.39 Å². The Bertz CT molecular complexity index is 370. The number of hydrogen-bond donors (Lipinski definition) is 1. The molecule has 1 aliphatic heterocycles. The molecule has 1 saturated heterocycles. The zero-order chi connectivity index (χ0) is 11.5. The van der Waals surface area contributed by atoms with E-state index in [1.165, 1.54) is 6.07 Å². The quantitative estimate of drug-likeness (QED) is 0.856. The van der Waals surface area contributed by atoms with E-state index in [2.05, 4.69) is 17.1 Å². The first-order valence-corrected chi connectivity index (χ1v) is 5.92. The van der Waals surface area contributed by atoms with Gasteiger partial charge in [-0.25, -0.2) is 4.39 Å². The van der Waals surface area contributed by atoms with Gasteiger partial charge in [-0.3, -0.25) is 4.90 Å². The molecule has 0 radical (unpaired) electrons. The van der Waals surface area contributed by atoms with Crippen molar-refractivity contribution in [3.05, 3.63) is 34.6 Å². The topological polar surface area (TPSA) is 15.3 Å². The maximum absolute atomic E-state index is 13.5. The minimum absolute atomic E-state index is 0.171. The highest BCUT2D eigenvalue weighted by Crippen LogP contribution is 2.17. The lowest BCUT2D eigenvalue weighted by atomic mass is 10.1. The second-order valence-electron chi connectivity index (χ2n) is 4.33. The summed E-state index contributed by atoms with van der Waals surface area (Å²) in [6.45, 7) is 5.64. The fourth-order valence-corrected chi connectivity index (χ4v) is 2.26. The van der Waals surface area contributed by atoms with Crippen LogP contribution in [0.3, 0.4) is 0 Å². The van der Waals surface area contributed by atoms with Gasteiger partial charge in [-0.15, -0.1) is 0 Å². The van der Waals surface area contributed by atoms with E-state index in [4.69, 9.17) is 11.6 Å². The summed E-state index contributed by atoms with van der Waals surface area (Å²) in [7, 11) is 0. The smallest absolute Gasteiger partial charge is 0.127 e. The molecule has 1 heterocycles. The molecule has 0 unspecified atom stereocenters. The van der Waals surface area contributed by atoms with Crippen LogP contribution in [0.4, 0.5) is 4.39 Å². The molecule has 1 aromatic carbocycles. The molecule has 0 amide bonds. The van der Waals surface area contributed by atoms with Gasteiger partial charge in [0.15, 0.2) is 0 Å². The molecule has 0 aromatic heterocycles. The van der Waals surface area contributed by atoms with Crippen LogP contribution in [0.15, 0.2) is 18.2 Å². The van der Waals surface area contributed by atoms with Gasteiger partial charge in [0.05, 0.1) is 0 Å². The van der Waals surface area contributed by atoms with E-state index in [-0.39, 0.29) is 5.82 Å². The van der Waals surface area contributed by atoms with Crippen LogP contribution in [0.1, 0.15) is 12.5 Å². The van der Waals surface area contributed by atoms with Crippen molar-refractivity contribution in [1.29, 1.82) is 0 Å². The van der Waals surface area contributed by atoms with Crippen molar-refractivity contribution in [3.8, 4) is 0 Å². The number of nitrogens with one attached hydrogen (secondary N) is 1. The van der Waals surface area contributed by atoms with Crippen LogP contribution < -0.4 is 5.32 Å². The van der Waals surface area contributed by atoms with Gasteiger partial charge in [-0.1, -0.05) is 11.6 Å². The van der Waals surface area contributed by atoms with Crippen LogP contribution in [0.5, 0.6) is 0 Å². The molecule has 2 nitrogen and oxygen atoms in total. The minimum atomic E-state index is -0.171. The van der Waals surface area contributed by atoms with Crippen LogP contribution >= 0.6 is 11.6 Å². The lowest BCUT2D eigenvalue weighted by Crippen LogP contribution is -2.48. The molecule has 1 N–H and O–H groups in total. The van der Waals surface area contributed by atoms with Gasteiger partial charge in [0.25, 0.3) is 0 Å². The number of halogens is 2. The summed E-state index contributed by atoms with van der Waals surface area (Å²) in [6.07, 6.45) is 0. The van der Waals surface area contributed by atoms with Crippen molar-refractivity contribution in [2.45, 2.75) is 19.5 Å². The first-order chi connectivity index (χ1) is 7.65. The van der Waals surface area contributed by atoms with Crippen molar-refractivity contribution in [2.75, 3.05) is 19.6 Å². The summed E-state index contributed by atoms with van der Waals surface area (Å²) in [5.74, 6) is -0.171. The SMILES string of the molecule is C[C@H]1CN(Cc2cc(Cl)ccc2F)CCN1. The third kappa shape index (κ3) is 2.94. The summed E-state index contributed by atoms with van der Waals surface area (Å²) in [6, 6.07) is 5.20. The first-order valence-electron chi connectivity index (χ1n) is 5.55. The Kier molecular flexibility index (Phi) is 3.79. The summed E-state index contributed by atoms with van der Waals surface area (Å²) in [5, 5.41) is 3.96. The third-order valence-electron chi connectivity index (χ3n) is 2.85. The molecule has 1 aromatic rings. The fourth-order valence-electron chi connectivity index (χ4n) is 2.06. The molecule has 1 atom stereocenters. The van der Waals surface area contributed by atoms with Crippen LogP contribution in [-0.4, -0.2) is 30.6 Å². The van der Waals surface area contributed by atoms with Crippen LogP contribution in [-0.2, 0) is 6.54 Å². The van der Waals surface area contributed by atoms with Gasteiger partial charge in [0.1, 0.15) is 5.82 Å². The van der Waals surface area contributed by atoms with Gasteiger partial charge < -0.3 is 5.32 Å². The molecule has 0 bridgehead atoms. The number of hydrogen-bond acceptors (Lipinski definition) is 2. The van der Waals surface area contributed by atoms with Gasteiger partial charge in [0.2, 0.25) is 0 Å². The Morgan fingerprint density at radius 1 is 1.56 bits per heavy atom. The zero-order valence-corrected chi connectivity index (χ0v) is 10.1. The second kappa shape index (κ2) is 5.13. The monoisotopic (exact) mass is 242 g/mol. The lowest BCUT2D eigenvalue weighted by molar-refractivity contribution is 0.197.